The summed E-state index contributed by atoms with van der Waals surface area (Å²) in [6.45, 7) is 6.66. The molecule has 0 radical (unpaired) electrons. The fraction of sp³-hybridized carbons (Fsp3) is 0.300. The van der Waals surface area contributed by atoms with Crippen LogP contribution in [0.1, 0.15) is 54.9 Å². The maximum atomic E-state index is 12.6. The molecule has 0 unspecified atom stereocenters. The van der Waals surface area contributed by atoms with E-state index in [0.717, 1.165) is 11.1 Å². The first-order valence-corrected chi connectivity index (χ1v) is 12.0. The largest absolute Gasteiger partial charge is 0.382 e. The van der Waals surface area contributed by atoms with Gasteiger partial charge in [0.15, 0.2) is 0 Å². The van der Waals surface area contributed by atoms with Crippen LogP contribution >= 0.6 is 0 Å². The quantitative estimate of drug-likeness (QED) is 0.388. The predicted octanol–water partition coefficient (Wildman–Crippen LogP) is 7.04. The van der Waals surface area contributed by atoms with Crippen LogP contribution in [-0.4, -0.2) is 11.9 Å². The number of carbonyl (C=O) groups excluding carboxylic acids is 1. The Bertz CT molecular complexity index is 1120. The second kappa shape index (κ2) is 10.5. The van der Waals surface area contributed by atoms with Gasteiger partial charge in [-0.3, -0.25) is 4.79 Å². The van der Waals surface area contributed by atoms with E-state index in [1.807, 2.05) is 43.3 Å². The number of anilines is 1. The second-order valence-corrected chi connectivity index (χ2v) is 9.22. The number of hydrogen-bond acceptors (Lipinski definition) is 2. The molecule has 33 heavy (non-hydrogen) atoms. The Balaban J connectivity index is 1.45. The van der Waals surface area contributed by atoms with Gasteiger partial charge in [0.2, 0.25) is 5.91 Å². The van der Waals surface area contributed by atoms with Crippen LogP contribution in [0.3, 0.4) is 0 Å². The van der Waals surface area contributed by atoms with Gasteiger partial charge in [-0.2, -0.15) is 0 Å². The Labute approximate surface area is 197 Å². The molecule has 3 nitrogen and oxygen atoms in total. The summed E-state index contributed by atoms with van der Waals surface area (Å²) in [6.07, 6.45) is 7.21. The lowest BCUT2D eigenvalue weighted by Gasteiger charge is -2.15. The molecule has 2 N–H and O–H groups in total. The van der Waals surface area contributed by atoms with Crippen LogP contribution < -0.4 is 10.6 Å². The normalized spacial score (nSPS) is 14.3. The lowest BCUT2D eigenvalue weighted by atomic mass is 9.94. The van der Waals surface area contributed by atoms with Gasteiger partial charge in [0.25, 0.3) is 0 Å². The Morgan fingerprint density at radius 3 is 2.33 bits per heavy atom. The van der Waals surface area contributed by atoms with Crippen molar-refractivity contribution in [3.63, 3.8) is 0 Å². The monoisotopic (exact) mass is 438 g/mol. The fourth-order valence-corrected chi connectivity index (χ4v) is 4.57. The third-order valence-corrected chi connectivity index (χ3v) is 6.56. The first-order valence-electron chi connectivity index (χ1n) is 12.0. The van der Waals surface area contributed by atoms with Crippen LogP contribution in [0.15, 0.2) is 72.3 Å². The zero-order valence-corrected chi connectivity index (χ0v) is 19.9. The molecule has 0 atom stereocenters. The van der Waals surface area contributed by atoms with E-state index in [4.69, 9.17) is 0 Å². The first-order chi connectivity index (χ1) is 16.0. The molecule has 1 saturated carbocycles. The Hall–Kier alpha value is -3.33. The zero-order chi connectivity index (χ0) is 23.2. The van der Waals surface area contributed by atoms with E-state index in [1.165, 1.54) is 53.6 Å². The molecule has 4 rings (SSSR count). The van der Waals surface area contributed by atoms with E-state index >= 15 is 0 Å². The van der Waals surface area contributed by atoms with Gasteiger partial charge in [-0.1, -0.05) is 67.4 Å². The Morgan fingerprint density at radius 2 is 1.64 bits per heavy atom. The maximum Gasteiger partial charge on any atom is 0.247 e. The standard InChI is InChI=1S/C30H34N2O/c1-21-19-29(25-13-15-28(16-14-25)32-27-11-7-8-12-27)22(2)17-26(21)18-23(3)30(33)31-20-24-9-5-4-6-10-24/h4-6,9-10,13-19,27,32H,7-8,11-12,20H2,1-3H3,(H,31,33)/b23-18+. The summed E-state index contributed by atoms with van der Waals surface area (Å²) in [7, 11) is 0. The molecule has 0 spiro atoms. The minimum Gasteiger partial charge on any atom is -0.382 e. The molecule has 1 amide bonds. The summed E-state index contributed by atoms with van der Waals surface area (Å²) < 4.78 is 0. The number of carbonyl (C=O) groups is 1. The third kappa shape index (κ3) is 5.92. The summed E-state index contributed by atoms with van der Waals surface area (Å²) in [4.78, 5) is 12.6. The van der Waals surface area contributed by atoms with Crippen molar-refractivity contribution in [3.05, 3.63) is 94.6 Å². The van der Waals surface area contributed by atoms with Gasteiger partial charge in [0.05, 0.1) is 0 Å². The molecular formula is C30H34N2O. The summed E-state index contributed by atoms with van der Waals surface area (Å²) in [5, 5.41) is 6.67. The van der Waals surface area contributed by atoms with Crippen molar-refractivity contribution in [2.24, 2.45) is 0 Å². The molecule has 1 fully saturated rings. The summed E-state index contributed by atoms with van der Waals surface area (Å²) >= 11 is 0. The summed E-state index contributed by atoms with van der Waals surface area (Å²) in [5.74, 6) is -0.0367. The van der Waals surface area contributed by atoms with Crippen molar-refractivity contribution < 1.29 is 4.79 Å². The van der Waals surface area contributed by atoms with E-state index in [1.54, 1.807) is 0 Å². The van der Waals surface area contributed by atoms with Crippen LogP contribution in [0.4, 0.5) is 5.69 Å². The van der Waals surface area contributed by atoms with Crippen LogP contribution in [0.5, 0.6) is 0 Å². The number of aryl methyl sites for hydroxylation is 2. The van der Waals surface area contributed by atoms with Crippen LogP contribution in [-0.2, 0) is 11.3 Å². The minimum atomic E-state index is -0.0367. The van der Waals surface area contributed by atoms with Crippen molar-refractivity contribution in [1.29, 1.82) is 0 Å². The maximum absolute atomic E-state index is 12.6. The molecule has 0 heterocycles. The van der Waals surface area contributed by atoms with Gasteiger partial charge in [0.1, 0.15) is 0 Å². The van der Waals surface area contributed by atoms with Crippen LogP contribution in [0.2, 0.25) is 0 Å². The lowest BCUT2D eigenvalue weighted by molar-refractivity contribution is -0.117. The average molecular weight is 439 g/mol. The lowest BCUT2D eigenvalue weighted by Crippen LogP contribution is -2.23. The predicted molar refractivity (Wildman–Crippen MR) is 139 cm³/mol. The summed E-state index contributed by atoms with van der Waals surface area (Å²) in [6, 6.07) is 23.8. The first kappa shape index (κ1) is 22.8. The van der Waals surface area contributed by atoms with Gasteiger partial charge in [-0.15, -0.1) is 0 Å². The van der Waals surface area contributed by atoms with Gasteiger partial charge < -0.3 is 10.6 Å². The van der Waals surface area contributed by atoms with Gasteiger partial charge in [-0.05, 0) is 85.2 Å². The Morgan fingerprint density at radius 1 is 0.939 bits per heavy atom. The van der Waals surface area contributed by atoms with Crippen LogP contribution in [0, 0.1) is 13.8 Å². The van der Waals surface area contributed by atoms with Crippen molar-refractivity contribution in [2.75, 3.05) is 5.32 Å². The van der Waals surface area contributed by atoms with Gasteiger partial charge in [0, 0.05) is 23.8 Å². The molecule has 170 valence electrons. The topological polar surface area (TPSA) is 41.1 Å². The number of hydrogen-bond donors (Lipinski definition) is 2. The van der Waals surface area contributed by atoms with E-state index in [9.17, 15) is 4.79 Å². The molecular weight excluding hydrogens is 404 g/mol. The molecule has 0 saturated heterocycles. The number of rotatable bonds is 7. The minimum absolute atomic E-state index is 0.0367. The highest BCUT2D eigenvalue weighted by Crippen LogP contribution is 2.29. The summed E-state index contributed by atoms with van der Waals surface area (Å²) in [5.41, 5.74) is 8.94. The van der Waals surface area contributed by atoms with Gasteiger partial charge in [-0.25, -0.2) is 0 Å². The smallest absolute Gasteiger partial charge is 0.247 e. The average Bonchev–Trinajstić information content (AvgIpc) is 3.34. The molecule has 3 aromatic rings. The van der Waals surface area contributed by atoms with E-state index in [2.05, 4.69) is 60.9 Å². The zero-order valence-electron chi connectivity index (χ0n) is 19.9. The van der Waals surface area contributed by atoms with Crippen molar-refractivity contribution in [3.8, 4) is 11.1 Å². The third-order valence-electron chi connectivity index (χ3n) is 6.56. The van der Waals surface area contributed by atoms with E-state index < -0.39 is 0 Å². The van der Waals surface area contributed by atoms with Crippen molar-refractivity contribution in [1.82, 2.24) is 5.32 Å². The highest BCUT2D eigenvalue weighted by atomic mass is 16.1. The molecule has 3 heteroatoms. The van der Waals surface area contributed by atoms with Crippen molar-refractivity contribution >= 4 is 17.7 Å². The molecule has 0 bridgehead atoms. The highest BCUT2D eigenvalue weighted by Gasteiger charge is 2.14. The molecule has 0 aromatic heterocycles. The van der Waals surface area contributed by atoms with E-state index in [-0.39, 0.29) is 5.91 Å². The molecule has 0 aliphatic heterocycles. The van der Waals surface area contributed by atoms with Crippen molar-refractivity contribution in [2.45, 2.75) is 59.0 Å². The van der Waals surface area contributed by atoms with Crippen LogP contribution in [0.25, 0.3) is 17.2 Å². The number of nitrogens with one attached hydrogen (secondary N) is 2. The van der Waals surface area contributed by atoms with Gasteiger partial charge >= 0.3 is 0 Å². The highest BCUT2D eigenvalue weighted by molar-refractivity contribution is 5.97. The SMILES string of the molecule is C/C(=C\c1cc(C)c(-c2ccc(NC3CCCC3)cc2)cc1C)C(=O)NCc1ccccc1. The molecule has 3 aromatic carbocycles. The fourth-order valence-electron chi connectivity index (χ4n) is 4.57. The number of benzene rings is 3. The molecule has 1 aliphatic carbocycles. The van der Waals surface area contributed by atoms with E-state index in [0.29, 0.717) is 18.2 Å². The second-order valence-electron chi connectivity index (χ2n) is 9.22. The molecule has 1 aliphatic rings. The number of amides is 1. The Kier molecular flexibility index (Phi) is 7.29.